The maximum atomic E-state index is 5.04. The van der Waals surface area contributed by atoms with Crippen molar-refractivity contribution in [1.82, 2.24) is 10.6 Å². The minimum atomic E-state index is 0.278. The SMILES string of the molecule is CN=C(NCCOC)NCC1(c2ccccc2)CCC1. The number of guanidine groups is 1. The molecule has 4 nitrogen and oxygen atoms in total. The van der Waals surface area contributed by atoms with Gasteiger partial charge in [0.2, 0.25) is 0 Å². The van der Waals surface area contributed by atoms with Gasteiger partial charge in [0.1, 0.15) is 0 Å². The number of aliphatic imine (C=N–C) groups is 1. The molecule has 2 rings (SSSR count). The van der Waals surface area contributed by atoms with Gasteiger partial charge in [-0.1, -0.05) is 36.8 Å². The van der Waals surface area contributed by atoms with Crippen LogP contribution in [-0.2, 0) is 10.2 Å². The third-order valence-electron chi connectivity index (χ3n) is 4.11. The number of methoxy groups -OCH3 is 1. The van der Waals surface area contributed by atoms with Crippen molar-refractivity contribution in [2.24, 2.45) is 4.99 Å². The van der Waals surface area contributed by atoms with Crippen LogP contribution in [0.25, 0.3) is 0 Å². The molecule has 0 aliphatic heterocycles. The van der Waals surface area contributed by atoms with Crippen molar-refractivity contribution >= 4 is 5.96 Å². The molecule has 0 amide bonds. The number of nitrogens with one attached hydrogen (secondary N) is 2. The minimum absolute atomic E-state index is 0.278. The maximum absolute atomic E-state index is 5.04. The van der Waals surface area contributed by atoms with Crippen molar-refractivity contribution in [3.8, 4) is 0 Å². The first-order valence-electron chi connectivity index (χ1n) is 7.30. The van der Waals surface area contributed by atoms with Crippen LogP contribution in [0.5, 0.6) is 0 Å². The number of benzene rings is 1. The molecule has 20 heavy (non-hydrogen) atoms. The minimum Gasteiger partial charge on any atom is -0.383 e. The highest BCUT2D eigenvalue weighted by atomic mass is 16.5. The van der Waals surface area contributed by atoms with Crippen LogP contribution in [-0.4, -0.2) is 39.8 Å². The fourth-order valence-electron chi connectivity index (χ4n) is 2.71. The van der Waals surface area contributed by atoms with Crippen LogP contribution in [0, 0.1) is 0 Å². The van der Waals surface area contributed by atoms with E-state index in [0.29, 0.717) is 6.61 Å². The van der Waals surface area contributed by atoms with Crippen LogP contribution in [0.1, 0.15) is 24.8 Å². The van der Waals surface area contributed by atoms with Gasteiger partial charge < -0.3 is 15.4 Å². The molecule has 0 aromatic heterocycles. The molecular weight excluding hydrogens is 250 g/mol. The Hall–Kier alpha value is -1.55. The summed E-state index contributed by atoms with van der Waals surface area (Å²) >= 11 is 0. The summed E-state index contributed by atoms with van der Waals surface area (Å²) in [6, 6.07) is 10.8. The van der Waals surface area contributed by atoms with Crippen LogP contribution in [0.15, 0.2) is 35.3 Å². The maximum Gasteiger partial charge on any atom is 0.191 e. The zero-order valence-corrected chi connectivity index (χ0v) is 12.5. The fraction of sp³-hybridized carbons (Fsp3) is 0.562. The summed E-state index contributed by atoms with van der Waals surface area (Å²) < 4.78 is 5.04. The van der Waals surface area contributed by atoms with Crippen LogP contribution in [0.4, 0.5) is 0 Å². The van der Waals surface area contributed by atoms with Crippen molar-refractivity contribution in [2.75, 3.05) is 33.9 Å². The Morgan fingerprint density at radius 3 is 2.55 bits per heavy atom. The van der Waals surface area contributed by atoms with Crippen LogP contribution >= 0.6 is 0 Å². The summed E-state index contributed by atoms with van der Waals surface area (Å²) in [5, 5.41) is 6.71. The lowest BCUT2D eigenvalue weighted by molar-refractivity contribution is 0.203. The summed E-state index contributed by atoms with van der Waals surface area (Å²) in [4.78, 5) is 4.25. The molecule has 1 aromatic carbocycles. The first-order valence-corrected chi connectivity index (χ1v) is 7.30. The second kappa shape index (κ2) is 7.29. The zero-order valence-electron chi connectivity index (χ0n) is 12.5. The summed E-state index contributed by atoms with van der Waals surface area (Å²) in [6.07, 6.45) is 3.81. The first kappa shape index (κ1) is 14.9. The third-order valence-corrected chi connectivity index (χ3v) is 4.11. The van der Waals surface area contributed by atoms with Gasteiger partial charge in [0.05, 0.1) is 6.61 Å². The van der Waals surface area contributed by atoms with E-state index in [9.17, 15) is 0 Å². The Kier molecular flexibility index (Phi) is 5.41. The highest BCUT2D eigenvalue weighted by Gasteiger charge is 2.38. The normalized spacial score (nSPS) is 17.4. The van der Waals surface area contributed by atoms with E-state index < -0.39 is 0 Å². The Labute approximate surface area is 121 Å². The van der Waals surface area contributed by atoms with Gasteiger partial charge in [-0.15, -0.1) is 0 Å². The molecule has 1 aliphatic rings. The Morgan fingerprint density at radius 1 is 1.25 bits per heavy atom. The topological polar surface area (TPSA) is 45.7 Å². The molecule has 0 bridgehead atoms. The average molecular weight is 275 g/mol. The van der Waals surface area contributed by atoms with Crippen molar-refractivity contribution in [1.29, 1.82) is 0 Å². The predicted molar refractivity (Wildman–Crippen MR) is 83.2 cm³/mol. The Balaban J connectivity index is 1.91. The lowest BCUT2D eigenvalue weighted by Gasteiger charge is -2.43. The lowest BCUT2D eigenvalue weighted by Crippen LogP contribution is -2.49. The summed E-state index contributed by atoms with van der Waals surface area (Å²) in [6.45, 7) is 2.39. The molecule has 1 aliphatic carbocycles. The number of ether oxygens (including phenoxy) is 1. The fourth-order valence-corrected chi connectivity index (χ4v) is 2.71. The van der Waals surface area contributed by atoms with Gasteiger partial charge in [0, 0.05) is 32.7 Å². The third kappa shape index (κ3) is 3.51. The number of nitrogens with zero attached hydrogens (tertiary/aromatic N) is 1. The molecule has 0 heterocycles. The van der Waals surface area contributed by atoms with Crippen molar-refractivity contribution in [3.63, 3.8) is 0 Å². The molecule has 0 saturated heterocycles. The van der Waals surface area contributed by atoms with E-state index in [-0.39, 0.29) is 5.41 Å². The molecule has 2 N–H and O–H groups in total. The number of hydrogen-bond donors (Lipinski definition) is 2. The molecule has 4 heteroatoms. The average Bonchev–Trinajstić information content (AvgIpc) is 2.45. The first-order chi connectivity index (χ1) is 9.80. The molecule has 1 saturated carbocycles. The highest BCUT2D eigenvalue weighted by Crippen LogP contribution is 2.43. The molecule has 0 radical (unpaired) electrons. The second-order valence-corrected chi connectivity index (χ2v) is 5.35. The smallest absolute Gasteiger partial charge is 0.191 e. The Morgan fingerprint density at radius 2 is 2.00 bits per heavy atom. The van der Waals surface area contributed by atoms with E-state index in [1.165, 1.54) is 24.8 Å². The summed E-state index contributed by atoms with van der Waals surface area (Å²) in [5.41, 5.74) is 1.71. The molecular formula is C16H25N3O. The van der Waals surface area contributed by atoms with Gasteiger partial charge in [-0.3, -0.25) is 4.99 Å². The zero-order chi connectivity index (χ0) is 14.3. The van der Waals surface area contributed by atoms with E-state index in [1.807, 2.05) is 0 Å². The van der Waals surface area contributed by atoms with E-state index in [0.717, 1.165) is 19.0 Å². The van der Waals surface area contributed by atoms with E-state index in [2.05, 4.69) is 46.0 Å². The summed E-state index contributed by atoms with van der Waals surface area (Å²) in [7, 11) is 3.51. The van der Waals surface area contributed by atoms with Gasteiger partial charge in [-0.25, -0.2) is 0 Å². The van der Waals surface area contributed by atoms with Crippen molar-refractivity contribution < 1.29 is 4.74 Å². The standard InChI is InChI=1S/C16H25N3O/c1-17-15(18-11-12-20-2)19-13-16(9-6-10-16)14-7-4-3-5-8-14/h3-5,7-8H,6,9-13H2,1-2H3,(H2,17,18,19). The molecule has 0 atom stereocenters. The molecule has 110 valence electrons. The highest BCUT2D eigenvalue weighted by molar-refractivity contribution is 5.79. The van der Waals surface area contributed by atoms with Crippen molar-refractivity contribution in [3.05, 3.63) is 35.9 Å². The van der Waals surface area contributed by atoms with Crippen LogP contribution in [0.2, 0.25) is 0 Å². The molecule has 0 unspecified atom stereocenters. The van der Waals surface area contributed by atoms with Crippen LogP contribution in [0.3, 0.4) is 0 Å². The molecule has 1 fully saturated rings. The van der Waals surface area contributed by atoms with Crippen LogP contribution < -0.4 is 10.6 Å². The van der Waals surface area contributed by atoms with E-state index >= 15 is 0 Å². The van der Waals surface area contributed by atoms with Gasteiger partial charge >= 0.3 is 0 Å². The number of rotatable bonds is 6. The van der Waals surface area contributed by atoms with Gasteiger partial charge in [-0.2, -0.15) is 0 Å². The van der Waals surface area contributed by atoms with Crippen molar-refractivity contribution in [2.45, 2.75) is 24.7 Å². The van der Waals surface area contributed by atoms with Gasteiger partial charge in [0.15, 0.2) is 5.96 Å². The lowest BCUT2D eigenvalue weighted by atomic mass is 9.64. The summed E-state index contributed by atoms with van der Waals surface area (Å²) in [5.74, 6) is 0.851. The second-order valence-electron chi connectivity index (χ2n) is 5.35. The monoisotopic (exact) mass is 275 g/mol. The van der Waals surface area contributed by atoms with E-state index in [1.54, 1.807) is 14.2 Å². The molecule has 0 spiro atoms. The number of hydrogen-bond acceptors (Lipinski definition) is 2. The predicted octanol–water partition coefficient (Wildman–Crippen LogP) is 1.92. The van der Waals surface area contributed by atoms with E-state index in [4.69, 9.17) is 4.74 Å². The van der Waals surface area contributed by atoms with Gasteiger partial charge in [-0.05, 0) is 18.4 Å². The molecule has 1 aromatic rings. The largest absolute Gasteiger partial charge is 0.383 e. The van der Waals surface area contributed by atoms with Gasteiger partial charge in [0.25, 0.3) is 0 Å². The quantitative estimate of drug-likeness (QED) is 0.474. The Bertz CT molecular complexity index is 427.